The normalized spacial score (nSPS) is 9.50. The molecule has 0 bridgehead atoms. The second-order valence-corrected chi connectivity index (χ2v) is 2.43. The number of benzene rings is 1. The molecular formula is C8H6ClFO2. The lowest BCUT2D eigenvalue weighted by molar-refractivity contribution is 0.165. The van der Waals surface area contributed by atoms with Gasteiger partial charge in [-0.15, -0.1) is 0 Å². The van der Waals surface area contributed by atoms with Gasteiger partial charge in [-0.05, 0) is 6.07 Å². The highest BCUT2D eigenvalue weighted by Gasteiger charge is 2.02. The van der Waals surface area contributed by atoms with Crippen LogP contribution in [0.5, 0.6) is 0 Å². The molecule has 4 heteroatoms. The van der Waals surface area contributed by atoms with E-state index in [1.807, 2.05) is 0 Å². The van der Waals surface area contributed by atoms with E-state index in [-0.39, 0.29) is 6.61 Å². The van der Waals surface area contributed by atoms with E-state index in [1.54, 1.807) is 12.1 Å². The fraction of sp³-hybridized carbons (Fsp3) is 0.125. The molecule has 0 radical (unpaired) electrons. The molecule has 0 aliphatic heterocycles. The first-order valence-corrected chi connectivity index (χ1v) is 3.63. The van der Waals surface area contributed by atoms with E-state index in [0.29, 0.717) is 5.56 Å². The van der Waals surface area contributed by atoms with Crippen LogP contribution in [0.3, 0.4) is 0 Å². The smallest absolute Gasteiger partial charge is 0.404 e. The van der Waals surface area contributed by atoms with Gasteiger partial charge in [0.2, 0.25) is 0 Å². The quantitative estimate of drug-likeness (QED) is 0.667. The van der Waals surface area contributed by atoms with Crippen LogP contribution in [-0.2, 0) is 11.3 Å². The zero-order valence-corrected chi connectivity index (χ0v) is 6.84. The molecule has 0 aliphatic rings. The van der Waals surface area contributed by atoms with Crippen molar-refractivity contribution in [3.8, 4) is 0 Å². The Labute approximate surface area is 73.9 Å². The van der Waals surface area contributed by atoms with E-state index < -0.39 is 11.2 Å². The van der Waals surface area contributed by atoms with Crippen molar-refractivity contribution in [1.29, 1.82) is 0 Å². The molecule has 0 spiro atoms. The lowest BCUT2D eigenvalue weighted by Gasteiger charge is -2.00. The van der Waals surface area contributed by atoms with Crippen molar-refractivity contribution < 1.29 is 13.9 Å². The van der Waals surface area contributed by atoms with Crippen LogP contribution >= 0.6 is 11.6 Å². The van der Waals surface area contributed by atoms with Gasteiger partial charge < -0.3 is 4.74 Å². The summed E-state index contributed by atoms with van der Waals surface area (Å²) < 4.78 is 17.2. The van der Waals surface area contributed by atoms with Gasteiger partial charge >= 0.3 is 5.43 Å². The summed E-state index contributed by atoms with van der Waals surface area (Å²) in [6, 6.07) is 6.02. The van der Waals surface area contributed by atoms with E-state index >= 15 is 0 Å². The van der Waals surface area contributed by atoms with Crippen molar-refractivity contribution >= 4 is 17.0 Å². The van der Waals surface area contributed by atoms with Gasteiger partial charge in [0.25, 0.3) is 0 Å². The minimum Gasteiger partial charge on any atom is -0.449 e. The molecule has 0 saturated heterocycles. The number of rotatable bonds is 2. The summed E-state index contributed by atoms with van der Waals surface area (Å²) in [6.07, 6.45) is 0. The molecule has 1 aromatic rings. The van der Waals surface area contributed by atoms with Crippen LogP contribution in [0.4, 0.5) is 9.18 Å². The van der Waals surface area contributed by atoms with Gasteiger partial charge in [-0.25, -0.2) is 9.18 Å². The maximum absolute atomic E-state index is 12.8. The molecule has 0 amide bonds. The van der Waals surface area contributed by atoms with Gasteiger partial charge in [0.05, 0.1) is 0 Å². The first kappa shape index (κ1) is 9.00. The largest absolute Gasteiger partial charge is 0.449 e. The number of ether oxygens (including phenoxy) is 1. The van der Waals surface area contributed by atoms with Crippen molar-refractivity contribution in [1.82, 2.24) is 0 Å². The molecule has 64 valence electrons. The first-order chi connectivity index (χ1) is 5.70. The zero-order chi connectivity index (χ0) is 8.97. The lowest BCUT2D eigenvalue weighted by atomic mass is 10.2. The van der Waals surface area contributed by atoms with Crippen LogP contribution in [0.1, 0.15) is 5.56 Å². The molecule has 1 aromatic carbocycles. The summed E-state index contributed by atoms with van der Waals surface area (Å²) in [5.41, 5.74) is -0.621. The maximum atomic E-state index is 12.8. The Morgan fingerprint density at radius 1 is 1.50 bits per heavy atom. The van der Waals surface area contributed by atoms with Crippen LogP contribution in [0.15, 0.2) is 24.3 Å². The monoisotopic (exact) mass is 188 g/mol. The van der Waals surface area contributed by atoms with Gasteiger partial charge in [-0.2, -0.15) is 0 Å². The first-order valence-electron chi connectivity index (χ1n) is 3.26. The Bertz CT molecular complexity index is 288. The van der Waals surface area contributed by atoms with Crippen molar-refractivity contribution in [2.45, 2.75) is 6.61 Å². The number of hydrogen-bond acceptors (Lipinski definition) is 2. The molecule has 0 heterocycles. The van der Waals surface area contributed by atoms with E-state index in [1.165, 1.54) is 12.1 Å². The molecule has 2 nitrogen and oxygen atoms in total. The van der Waals surface area contributed by atoms with Crippen LogP contribution < -0.4 is 0 Å². The summed E-state index contributed by atoms with van der Waals surface area (Å²) in [4.78, 5) is 10.1. The Hall–Kier alpha value is -1.09. The van der Waals surface area contributed by atoms with E-state index in [2.05, 4.69) is 4.74 Å². The summed E-state index contributed by atoms with van der Waals surface area (Å²) in [7, 11) is 0. The van der Waals surface area contributed by atoms with Crippen LogP contribution in [-0.4, -0.2) is 5.43 Å². The molecule has 0 saturated carbocycles. The summed E-state index contributed by atoms with van der Waals surface area (Å²) in [5, 5.41) is 0. The summed E-state index contributed by atoms with van der Waals surface area (Å²) in [5.74, 6) is -0.407. The average molecular weight is 189 g/mol. The van der Waals surface area contributed by atoms with Gasteiger partial charge in [0.15, 0.2) is 0 Å². The lowest BCUT2D eigenvalue weighted by Crippen LogP contribution is -1.96. The molecule has 0 atom stereocenters. The van der Waals surface area contributed by atoms with Crippen molar-refractivity contribution in [2.24, 2.45) is 0 Å². The molecule has 0 aliphatic carbocycles. The highest BCUT2D eigenvalue weighted by molar-refractivity contribution is 6.61. The van der Waals surface area contributed by atoms with Crippen molar-refractivity contribution in [3.63, 3.8) is 0 Å². The summed E-state index contributed by atoms with van der Waals surface area (Å²) in [6.45, 7) is -0.130. The fourth-order valence-corrected chi connectivity index (χ4v) is 0.804. The number of carbonyl (C=O) groups is 1. The molecular weight excluding hydrogens is 183 g/mol. The molecule has 1 rings (SSSR count). The minimum absolute atomic E-state index is 0.130. The predicted octanol–water partition coefficient (Wildman–Crippen LogP) is 2.70. The van der Waals surface area contributed by atoms with E-state index in [0.717, 1.165) is 0 Å². The topological polar surface area (TPSA) is 26.3 Å². The maximum Gasteiger partial charge on any atom is 0.404 e. The molecule has 0 aromatic heterocycles. The van der Waals surface area contributed by atoms with Gasteiger partial charge in [-0.1, -0.05) is 18.2 Å². The molecule has 0 fully saturated rings. The summed E-state index contributed by atoms with van der Waals surface area (Å²) >= 11 is 4.90. The van der Waals surface area contributed by atoms with Crippen molar-refractivity contribution in [3.05, 3.63) is 35.6 Å². The number of carbonyl (C=O) groups excluding carboxylic acids is 1. The Balaban J connectivity index is 2.63. The third-order valence-electron chi connectivity index (χ3n) is 1.30. The van der Waals surface area contributed by atoms with E-state index in [9.17, 15) is 9.18 Å². The predicted molar refractivity (Wildman–Crippen MR) is 42.4 cm³/mol. The van der Waals surface area contributed by atoms with Gasteiger partial charge in [0, 0.05) is 17.2 Å². The Kier molecular flexibility index (Phi) is 3.05. The van der Waals surface area contributed by atoms with Gasteiger partial charge in [-0.3, -0.25) is 0 Å². The Morgan fingerprint density at radius 2 is 2.17 bits per heavy atom. The zero-order valence-electron chi connectivity index (χ0n) is 6.09. The van der Waals surface area contributed by atoms with E-state index in [4.69, 9.17) is 11.6 Å². The van der Waals surface area contributed by atoms with Crippen LogP contribution in [0, 0.1) is 5.82 Å². The molecule has 0 N–H and O–H groups in total. The highest BCUT2D eigenvalue weighted by atomic mass is 35.5. The van der Waals surface area contributed by atoms with Crippen LogP contribution in [0.25, 0.3) is 0 Å². The third kappa shape index (κ3) is 2.51. The minimum atomic E-state index is -0.932. The highest BCUT2D eigenvalue weighted by Crippen LogP contribution is 2.08. The van der Waals surface area contributed by atoms with Crippen molar-refractivity contribution in [2.75, 3.05) is 0 Å². The van der Waals surface area contributed by atoms with Gasteiger partial charge in [0.1, 0.15) is 12.4 Å². The number of hydrogen-bond donors (Lipinski definition) is 0. The SMILES string of the molecule is O=C(Cl)OCc1ccccc1F. The second kappa shape index (κ2) is 4.07. The average Bonchev–Trinajstić information content (AvgIpc) is 2.03. The second-order valence-electron chi connectivity index (χ2n) is 2.12. The van der Waals surface area contributed by atoms with Crippen LogP contribution in [0.2, 0.25) is 0 Å². The molecule has 12 heavy (non-hydrogen) atoms. The fourth-order valence-electron chi connectivity index (χ4n) is 0.750. The third-order valence-corrected chi connectivity index (χ3v) is 1.41. The molecule has 0 unspecified atom stereocenters. The Morgan fingerprint density at radius 3 is 2.75 bits per heavy atom. The standard InChI is InChI=1S/C8H6ClFO2/c9-8(11)12-5-6-3-1-2-4-7(6)10/h1-4H,5H2. The number of halogens is 2.